The second kappa shape index (κ2) is 7.58. The summed E-state index contributed by atoms with van der Waals surface area (Å²) in [5.74, 6) is 0.0151. The van der Waals surface area contributed by atoms with Gasteiger partial charge in [-0.25, -0.2) is 0 Å². The molecule has 0 saturated heterocycles. The molecule has 1 heterocycles. The van der Waals surface area contributed by atoms with Gasteiger partial charge in [-0.15, -0.1) is 0 Å². The molecule has 0 radical (unpaired) electrons. The minimum absolute atomic E-state index is 0.0151. The van der Waals surface area contributed by atoms with Crippen LogP contribution in [-0.4, -0.2) is 16.6 Å². The monoisotopic (exact) mass is 329 g/mol. The fourth-order valence-corrected chi connectivity index (χ4v) is 2.67. The molecular formula is C22H19NO2. The van der Waals surface area contributed by atoms with Gasteiger partial charge in [0.2, 0.25) is 5.78 Å². The van der Waals surface area contributed by atoms with E-state index < -0.39 is 0 Å². The smallest absolute Gasteiger partial charge is 0.209 e. The quantitative estimate of drug-likeness (QED) is 0.491. The summed E-state index contributed by atoms with van der Waals surface area (Å²) in [6, 6.07) is 18.7. The Labute approximate surface area is 147 Å². The molecule has 3 rings (SSSR count). The number of ketones is 1. The lowest BCUT2D eigenvalue weighted by Crippen LogP contribution is -2.09. The minimum atomic E-state index is 0.0151. The molecule has 0 aliphatic heterocycles. The number of aromatic nitrogens is 1. The second-order valence-electron chi connectivity index (χ2n) is 5.93. The first-order valence-corrected chi connectivity index (χ1v) is 8.15. The zero-order valence-electron chi connectivity index (χ0n) is 14.1. The zero-order chi connectivity index (χ0) is 17.6. The number of nitrogens with zero attached hydrogens (tertiary/aromatic N) is 1. The SMILES string of the molecule is Cc1ccc(C(=O)c2cccn2C/C=C/c2cccc(C=O)c2)cc1. The Morgan fingerprint density at radius 2 is 1.76 bits per heavy atom. The number of benzene rings is 2. The van der Waals surface area contributed by atoms with Crippen molar-refractivity contribution in [1.82, 2.24) is 4.57 Å². The second-order valence-corrected chi connectivity index (χ2v) is 5.93. The van der Waals surface area contributed by atoms with Gasteiger partial charge in [-0.3, -0.25) is 9.59 Å². The molecule has 0 N–H and O–H groups in total. The van der Waals surface area contributed by atoms with Crippen LogP contribution in [0.5, 0.6) is 0 Å². The van der Waals surface area contributed by atoms with E-state index in [1.54, 1.807) is 6.07 Å². The van der Waals surface area contributed by atoms with E-state index in [9.17, 15) is 9.59 Å². The predicted molar refractivity (Wildman–Crippen MR) is 99.9 cm³/mol. The number of hydrogen-bond donors (Lipinski definition) is 0. The first-order valence-electron chi connectivity index (χ1n) is 8.15. The van der Waals surface area contributed by atoms with E-state index in [-0.39, 0.29) is 5.78 Å². The van der Waals surface area contributed by atoms with Gasteiger partial charge in [-0.05, 0) is 30.7 Å². The Kier molecular flexibility index (Phi) is 5.05. The van der Waals surface area contributed by atoms with Gasteiger partial charge < -0.3 is 4.57 Å². The highest BCUT2D eigenvalue weighted by atomic mass is 16.1. The standard InChI is InChI=1S/C22H19NO2/c1-17-9-11-20(12-10-17)22(25)21-8-4-14-23(21)13-3-7-18-5-2-6-19(15-18)16-24/h2-12,14-16H,13H2,1H3/b7-3+. The summed E-state index contributed by atoms with van der Waals surface area (Å²) in [6.07, 6.45) is 6.66. The summed E-state index contributed by atoms with van der Waals surface area (Å²) in [4.78, 5) is 23.5. The molecule has 1 aromatic heterocycles. The predicted octanol–water partition coefficient (Wildman–Crippen LogP) is 4.55. The van der Waals surface area contributed by atoms with E-state index in [2.05, 4.69) is 0 Å². The van der Waals surface area contributed by atoms with Gasteiger partial charge in [0.1, 0.15) is 6.29 Å². The van der Waals surface area contributed by atoms with Crippen LogP contribution in [0.15, 0.2) is 72.9 Å². The maximum atomic E-state index is 12.7. The molecule has 3 nitrogen and oxygen atoms in total. The van der Waals surface area contributed by atoms with Crippen molar-refractivity contribution in [1.29, 1.82) is 0 Å². The highest BCUT2D eigenvalue weighted by Crippen LogP contribution is 2.13. The average Bonchev–Trinajstić information content (AvgIpc) is 3.10. The Bertz CT molecular complexity index is 917. The summed E-state index contributed by atoms with van der Waals surface area (Å²) < 4.78 is 1.92. The Morgan fingerprint density at radius 3 is 2.52 bits per heavy atom. The molecule has 0 aliphatic carbocycles. The summed E-state index contributed by atoms with van der Waals surface area (Å²) in [5.41, 5.74) is 4.09. The van der Waals surface area contributed by atoms with Gasteiger partial charge in [0.25, 0.3) is 0 Å². The van der Waals surface area contributed by atoms with E-state index in [4.69, 9.17) is 0 Å². The number of aldehydes is 1. The number of carbonyl (C=O) groups is 2. The molecule has 3 heteroatoms. The van der Waals surface area contributed by atoms with E-state index in [1.807, 2.05) is 84.4 Å². The van der Waals surface area contributed by atoms with Crippen molar-refractivity contribution in [2.24, 2.45) is 0 Å². The highest BCUT2D eigenvalue weighted by Gasteiger charge is 2.12. The molecule has 0 bridgehead atoms. The van der Waals surface area contributed by atoms with Crippen LogP contribution in [0.1, 0.15) is 37.5 Å². The third kappa shape index (κ3) is 4.01. The van der Waals surface area contributed by atoms with Gasteiger partial charge in [-0.1, -0.05) is 60.2 Å². The highest BCUT2D eigenvalue weighted by molar-refractivity contribution is 6.08. The maximum Gasteiger partial charge on any atom is 0.209 e. The lowest BCUT2D eigenvalue weighted by Gasteiger charge is -2.06. The van der Waals surface area contributed by atoms with Crippen molar-refractivity contribution < 1.29 is 9.59 Å². The normalized spacial score (nSPS) is 10.9. The lowest BCUT2D eigenvalue weighted by molar-refractivity contribution is 0.103. The van der Waals surface area contributed by atoms with E-state index in [1.165, 1.54) is 0 Å². The van der Waals surface area contributed by atoms with Gasteiger partial charge in [-0.2, -0.15) is 0 Å². The van der Waals surface area contributed by atoms with Gasteiger partial charge >= 0.3 is 0 Å². The molecular weight excluding hydrogens is 310 g/mol. The first-order chi connectivity index (χ1) is 12.2. The largest absolute Gasteiger partial charge is 0.341 e. The minimum Gasteiger partial charge on any atom is -0.341 e. The van der Waals surface area contributed by atoms with Crippen molar-refractivity contribution in [3.05, 3.63) is 101 Å². The van der Waals surface area contributed by atoms with Crippen molar-refractivity contribution in [3.8, 4) is 0 Å². The molecule has 0 aliphatic rings. The molecule has 0 unspecified atom stereocenters. The molecule has 25 heavy (non-hydrogen) atoms. The van der Waals surface area contributed by atoms with Crippen LogP contribution in [0.25, 0.3) is 6.08 Å². The van der Waals surface area contributed by atoms with Crippen LogP contribution in [-0.2, 0) is 6.54 Å². The van der Waals surface area contributed by atoms with Crippen molar-refractivity contribution in [2.75, 3.05) is 0 Å². The van der Waals surface area contributed by atoms with Crippen LogP contribution in [0.3, 0.4) is 0 Å². The summed E-state index contributed by atoms with van der Waals surface area (Å²) in [7, 11) is 0. The molecule has 0 spiro atoms. The fraction of sp³-hybridized carbons (Fsp3) is 0.0909. The van der Waals surface area contributed by atoms with Gasteiger partial charge in [0.15, 0.2) is 0 Å². The van der Waals surface area contributed by atoms with Crippen LogP contribution >= 0.6 is 0 Å². The third-order valence-electron chi connectivity index (χ3n) is 4.04. The third-order valence-corrected chi connectivity index (χ3v) is 4.04. The number of carbonyl (C=O) groups excluding carboxylic acids is 2. The number of aryl methyl sites for hydroxylation is 1. The fourth-order valence-electron chi connectivity index (χ4n) is 2.67. The van der Waals surface area contributed by atoms with Gasteiger partial charge in [0.05, 0.1) is 5.69 Å². The lowest BCUT2D eigenvalue weighted by atomic mass is 10.1. The molecule has 0 fully saturated rings. The van der Waals surface area contributed by atoms with E-state index >= 15 is 0 Å². The summed E-state index contributed by atoms with van der Waals surface area (Å²) in [6.45, 7) is 2.59. The Balaban J connectivity index is 1.75. The molecule has 0 saturated carbocycles. The van der Waals surface area contributed by atoms with Crippen molar-refractivity contribution in [3.63, 3.8) is 0 Å². The molecule has 0 atom stereocenters. The van der Waals surface area contributed by atoms with Crippen molar-refractivity contribution in [2.45, 2.75) is 13.5 Å². The number of rotatable bonds is 6. The average molecular weight is 329 g/mol. The van der Waals surface area contributed by atoms with Crippen LogP contribution in [0.4, 0.5) is 0 Å². The molecule has 2 aromatic carbocycles. The van der Waals surface area contributed by atoms with Crippen molar-refractivity contribution >= 4 is 18.1 Å². The van der Waals surface area contributed by atoms with Crippen LogP contribution in [0.2, 0.25) is 0 Å². The van der Waals surface area contributed by atoms with E-state index in [0.29, 0.717) is 23.4 Å². The van der Waals surface area contributed by atoms with Gasteiger partial charge in [0, 0.05) is 23.9 Å². The Morgan fingerprint density at radius 1 is 1.00 bits per heavy atom. The summed E-state index contributed by atoms with van der Waals surface area (Å²) >= 11 is 0. The van der Waals surface area contributed by atoms with E-state index in [0.717, 1.165) is 17.4 Å². The maximum absolute atomic E-state index is 12.7. The first kappa shape index (κ1) is 16.7. The molecule has 124 valence electrons. The summed E-state index contributed by atoms with van der Waals surface area (Å²) in [5, 5.41) is 0. The van der Waals surface area contributed by atoms with Crippen LogP contribution in [0, 0.1) is 6.92 Å². The topological polar surface area (TPSA) is 39.1 Å². The molecule has 3 aromatic rings. The number of hydrogen-bond acceptors (Lipinski definition) is 2. The Hall–Kier alpha value is -3.20. The van der Waals surface area contributed by atoms with Crippen LogP contribution < -0.4 is 0 Å². The molecule has 0 amide bonds. The number of allylic oxidation sites excluding steroid dienone is 1. The zero-order valence-corrected chi connectivity index (χ0v) is 14.1.